The highest BCUT2D eigenvalue weighted by atomic mass is 32.1. The Morgan fingerprint density at radius 2 is 2.15 bits per heavy atom. The average Bonchev–Trinajstić information content (AvgIpc) is 3.28. The fraction of sp³-hybridized carbons (Fsp3) is 0.368. The van der Waals surface area contributed by atoms with Crippen LogP contribution in [0.3, 0.4) is 0 Å². The lowest BCUT2D eigenvalue weighted by Crippen LogP contribution is -2.45. The molecule has 0 aromatic carbocycles. The number of pyridine rings is 1. The Hall–Kier alpha value is -2.74. The molecule has 1 N–H and O–H groups in total. The third kappa shape index (κ3) is 4.00. The summed E-state index contributed by atoms with van der Waals surface area (Å²) in [4.78, 5) is 30.6. The summed E-state index contributed by atoms with van der Waals surface area (Å²) in [5.41, 5.74) is 1.80. The molecule has 3 heterocycles. The number of aryl methyl sites for hydroxylation is 1. The highest BCUT2D eigenvalue weighted by Gasteiger charge is 2.26. The Bertz CT molecular complexity index is 963. The van der Waals surface area contributed by atoms with Gasteiger partial charge in [0.1, 0.15) is 6.04 Å². The Morgan fingerprint density at radius 3 is 2.78 bits per heavy atom. The molecule has 142 valence electrons. The normalized spacial score (nSPS) is 12.3. The van der Waals surface area contributed by atoms with Gasteiger partial charge in [0, 0.05) is 10.6 Å². The highest BCUT2D eigenvalue weighted by Crippen LogP contribution is 2.21. The fourth-order valence-electron chi connectivity index (χ4n) is 2.87. The van der Waals surface area contributed by atoms with Crippen LogP contribution in [-0.2, 0) is 16.1 Å². The van der Waals surface area contributed by atoms with Gasteiger partial charge in [0.05, 0.1) is 30.8 Å². The van der Waals surface area contributed by atoms with Gasteiger partial charge >= 0.3 is 5.97 Å². The third-order valence-electron chi connectivity index (χ3n) is 4.28. The van der Waals surface area contributed by atoms with Crippen molar-refractivity contribution in [2.75, 3.05) is 7.11 Å². The zero-order valence-electron chi connectivity index (χ0n) is 15.7. The van der Waals surface area contributed by atoms with Crippen molar-refractivity contribution in [3.63, 3.8) is 0 Å². The van der Waals surface area contributed by atoms with Gasteiger partial charge < -0.3 is 10.1 Å². The Labute approximate surface area is 161 Å². The molecule has 3 aromatic heterocycles. The van der Waals surface area contributed by atoms with E-state index in [4.69, 9.17) is 4.74 Å². The number of ether oxygens (including phenoxy) is 1. The lowest BCUT2D eigenvalue weighted by atomic mass is 10.0. The number of thiophene rings is 1. The van der Waals surface area contributed by atoms with Gasteiger partial charge in [0.15, 0.2) is 5.65 Å². The van der Waals surface area contributed by atoms with Crippen LogP contribution in [0.4, 0.5) is 0 Å². The predicted octanol–water partition coefficient (Wildman–Crippen LogP) is 2.78. The number of nitrogens with zero attached hydrogens (tertiary/aromatic N) is 3. The van der Waals surface area contributed by atoms with Crippen molar-refractivity contribution >= 4 is 34.2 Å². The summed E-state index contributed by atoms with van der Waals surface area (Å²) in [6, 6.07) is 5.02. The minimum atomic E-state index is -0.716. The molecular formula is C19H22N4O3S. The second-order valence-electron chi connectivity index (χ2n) is 6.65. The van der Waals surface area contributed by atoms with Crippen molar-refractivity contribution in [1.82, 2.24) is 20.1 Å². The molecule has 0 unspecified atom stereocenters. The van der Waals surface area contributed by atoms with Gasteiger partial charge in [0.2, 0.25) is 0 Å². The van der Waals surface area contributed by atoms with Crippen molar-refractivity contribution in [2.24, 2.45) is 5.92 Å². The van der Waals surface area contributed by atoms with Crippen LogP contribution in [0.2, 0.25) is 0 Å². The van der Waals surface area contributed by atoms with Crippen LogP contribution >= 0.6 is 11.3 Å². The van der Waals surface area contributed by atoms with E-state index in [-0.39, 0.29) is 11.8 Å². The van der Waals surface area contributed by atoms with Crippen molar-refractivity contribution in [1.29, 1.82) is 0 Å². The maximum atomic E-state index is 12.9. The largest absolute Gasteiger partial charge is 0.467 e. The van der Waals surface area contributed by atoms with Crippen LogP contribution in [0.15, 0.2) is 29.8 Å². The molecule has 0 aliphatic heterocycles. The SMILES string of the molecule is COC(=O)[C@@H](NC(=O)c1cc(C)nc2c1cnn2Cc1cccs1)C(C)C. The number of amides is 1. The lowest BCUT2D eigenvalue weighted by molar-refractivity contribution is -0.144. The van der Waals surface area contributed by atoms with Gasteiger partial charge in [-0.2, -0.15) is 5.10 Å². The van der Waals surface area contributed by atoms with E-state index < -0.39 is 12.0 Å². The summed E-state index contributed by atoms with van der Waals surface area (Å²) >= 11 is 1.64. The lowest BCUT2D eigenvalue weighted by Gasteiger charge is -2.20. The number of methoxy groups -OCH3 is 1. The van der Waals surface area contributed by atoms with Gasteiger partial charge in [0.25, 0.3) is 5.91 Å². The molecule has 3 rings (SSSR count). The van der Waals surface area contributed by atoms with Crippen molar-refractivity contribution < 1.29 is 14.3 Å². The van der Waals surface area contributed by atoms with Gasteiger partial charge in [-0.05, 0) is 30.4 Å². The van der Waals surface area contributed by atoms with E-state index in [0.717, 1.165) is 4.88 Å². The molecule has 0 radical (unpaired) electrons. The minimum absolute atomic E-state index is 0.0959. The molecule has 1 amide bonds. The molecule has 0 saturated heterocycles. The number of carbonyl (C=O) groups is 2. The molecule has 0 fully saturated rings. The van der Waals surface area contributed by atoms with Crippen molar-refractivity contribution in [3.8, 4) is 0 Å². The molecule has 0 saturated carbocycles. The summed E-state index contributed by atoms with van der Waals surface area (Å²) in [5, 5.41) is 9.86. The second-order valence-corrected chi connectivity index (χ2v) is 7.68. The molecule has 0 aliphatic carbocycles. The maximum absolute atomic E-state index is 12.9. The highest BCUT2D eigenvalue weighted by molar-refractivity contribution is 7.09. The molecule has 1 atom stereocenters. The standard InChI is InChI=1S/C19H22N4O3S/c1-11(2)16(19(25)26-4)22-18(24)14-8-12(3)21-17-15(14)9-20-23(17)10-13-6-5-7-27-13/h5-9,11,16H,10H2,1-4H3,(H,22,24)/t16-/m0/s1. The third-order valence-corrected chi connectivity index (χ3v) is 5.14. The Kier molecular flexibility index (Phi) is 5.55. The first kappa shape index (κ1) is 19.0. The number of nitrogens with one attached hydrogen (secondary N) is 1. The Morgan fingerprint density at radius 1 is 1.37 bits per heavy atom. The molecule has 0 aliphatic rings. The average molecular weight is 386 g/mol. The second kappa shape index (κ2) is 7.87. The summed E-state index contributed by atoms with van der Waals surface area (Å²) in [7, 11) is 1.31. The van der Waals surface area contributed by atoms with E-state index in [1.54, 1.807) is 28.3 Å². The van der Waals surface area contributed by atoms with E-state index in [2.05, 4.69) is 15.4 Å². The maximum Gasteiger partial charge on any atom is 0.328 e. The molecule has 0 spiro atoms. The number of fused-ring (bicyclic) bond motifs is 1. The van der Waals surface area contributed by atoms with Crippen LogP contribution in [0.1, 0.15) is 34.8 Å². The fourth-order valence-corrected chi connectivity index (χ4v) is 3.56. The zero-order valence-corrected chi connectivity index (χ0v) is 16.5. The molecule has 8 heteroatoms. The van der Waals surface area contributed by atoms with Crippen LogP contribution < -0.4 is 5.32 Å². The van der Waals surface area contributed by atoms with Gasteiger partial charge in [-0.1, -0.05) is 19.9 Å². The first-order valence-electron chi connectivity index (χ1n) is 8.65. The van der Waals surface area contributed by atoms with E-state index in [9.17, 15) is 9.59 Å². The topological polar surface area (TPSA) is 86.1 Å². The molecule has 3 aromatic rings. The number of aromatic nitrogens is 3. The number of rotatable bonds is 6. The van der Waals surface area contributed by atoms with Crippen molar-refractivity contribution in [2.45, 2.75) is 33.4 Å². The van der Waals surface area contributed by atoms with E-state index >= 15 is 0 Å². The minimum Gasteiger partial charge on any atom is -0.467 e. The number of carbonyl (C=O) groups excluding carboxylic acids is 2. The number of hydrogen-bond acceptors (Lipinski definition) is 6. The van der Waals surface area contributed by atoms with Crippen LogP contribution in [0.5, 0.6) is 0 Å². The van der Waals surface area contributed by atoms with E-state index in [0.29, 0.717) is 28.8 Å². The predicted molar refractivity (Wildman–Crippen MR) is 104 cm³/mol. The molecular weight excluding hydrogens is 364 g/mol. The zero-order chi connectivity index (χ0) is 19.6. The Balaban J connectivity index is 1.95. The first-order chi connectivity index (χ1) is 12.9. The van der Waals surface area contributed by atoms with E-state index in [1.807, 2.05) is 38.3 Å². The van der Waals surface area contributed by atoms with Gasteiger partial charge in [-0.15, -0.1) is 11.3 Å². The van der Waals surface area contributed by atoms with Crippen LogP contribution in [0, 0.1) is 12.8 Å². The molecule has 27 heavy (non-hydrogen) atoms. The molecule has 7 nitrogen and oxygen atoms in total. The number of esters is 1. The summed E-state index contributed by atoms with van der Waals surface area (Å²) in [6.07, 6.45) is 1.65. The smallest absolute Gasteiger partial charge is 0.328 e. The monoisotopic (exact) mass is 386 g/mol. The first-order valence-corrected chi connectivity index (χ1v) is 9.53. The summed E-state index contributed by atoms with van der Waals surface area (Å²) in [5.74, 6) is -0.902. The van der Waals surface area contributed by atoms with Crippen LogP contribution in [-0.4, -0.2) is 39.8 Å². The van der Waals surface area contributed by atoms with Crippen LogP contribution in [0.25, 0.3) is 11.0 Å². The summed E-state index contributed by atoms with van der Waals surface area (Å²) < 4.78 is 6.59. The van der Waals surface area contributed by atoms with E-state index in [1.165, 1.54) is 7.11 Å². The van der Waals surface area contributed by atoms with Gasteiger partial charge in [-0.25, -0.2) is 14.5 Å². The quantitative estimate of drug-likeness (QED) is 0.659. The van der Waals surface area contributed by atoms with Gasteiger partial charge in [-0.3, -0.25) is 4.79 Å². The number of hydrogen-bond donors (Lipinski definition) is 1. The molecule has 0 bridgehead atoms. The summed E-state index contributed by atoms with van der Waals surface area (Å²) in [6.45, 7) is 6.14. The van der Waals surface area contributed by atoms with Crippen molar-refractivity contribution in [3.05, 3.63) is 45.9 Å².